The number of benzene rings is 2. The monoisotopic (exact) mass is 360 g/mol. The normalized spacial score (nSPS) is 16.3. The summed E-state index contributed by atoms with van der Waals surface area (Å²) in [5.41, 5.74) is 2.06. The third-order valence-electron chi connectivity index (χ3n) is 4.87. The maximum atomic E-state index is 12.9. The second-order valence-electron chi connectivity index (χ2n) is 6.57. The maximum absolute atomic E-state index is 12.9. The van der Waals surface area contributed by atoms with Crippen molar-refractivity contribution in [2.45, 2.75) is 12.7 Å². The van der Waals surface area contributed by atoms with Crippen LogP contribution in [0.25, 0.3) is 11.0 Å². The fourth-order valence-electron chi connectivity index (χ4n) is 3.44. The van der Waals surface area contributed by atoms with Gasteiger partial charge in [0.2, 0.25) is 0 Å². The smallest absolute Gasteiger partial charge is 0.416 e. The average molecular weight is 360 g/mol. The zero-order chi connectivity index (χ0) is 18.1. The van der Waals surface area contributed by atoms with Crippen molar-refractivity contribution in [3.05, 3.63) is 65.9 Å². The Hall–Kier alpha value is -2.47. The molecular formula is C20H19F3N2O. The van der Waals surface area contributed by atoms with E-state index >= 15 is 0 Å². The molecule has 1 aliphatic heterocycles. The van der Waals surface area contributed by atoms with Crippen LogP contribution in [-0.4, -0.2) is 31.1 Å². The summed E-state index contributed by atoms with van der Waals surface area (Å²) >= 11 is 0. The number of piperazine rings is 1. The minimum atomic E-state index is -4.31. The number of halogens is 3. The van der Waals surface area contributed by atoms with Gasteiger partial charge in [-0.15, -0.1) is 0 Å². The van der Waals surface area contributed by atoms with E-state index in [1.54, 1.807) is 12.3 Å². The Balaban J connectivity index is 1.41. The van der Waals surface area contributed by atoms with E-state index in [0.717, 1.165) is 42.2 Å². The first-order valence-corrected chi connectivity index (χ1v) is 8.60. The average Bonchev–Trinajstić information content (AvgIpc) is 3.05. The molecule has 26 heavy (non-hydrogen) atoms. The van der Waals surface area contributed by atoms with Gasteiger partial charge in [-0.05, 0) is 24.3 Å². The van der Waals surface area contributed by atoms with Crippen molar-refractivity contribution in [1.82, 2.24) is 4.90 Å². The zero-order valence-corrected chi connectivity index (χ0v) is 14.2. The predicted octanol–water partition coefficient (Wildman–Crippen LogP) is 4.77. The summed E-state index contributed by atoms with van der Waals surface area (Å²) in [4.78, 5) is 4.32. The lowest BCUT2D eigenvalue weighted by molar-refractivity contribution is -0.137. The molecule has 136 valence electrons. The minimum Gasteiger partial charge on any atom is -0.464 e. The Labute approximate surface area is 149 Å². The van der Waals surface area contributed by atoms with Gasteiger partial charge in [-0.25, -0.2) is 0 Å². The Morgan fingerprint density at radius 1 is 0.923 bits per heavy atom. The quantitative estimate of drug-likeness (QED) is 0.671. The van der Waals surface area contributed by atoms with Gasteiger partial charge >= 0.3 is 6.18 Å². The summed E-state index contributed by atoms with van der Waals surface area (Å²) in [5.74, 6) is 0. The second-order valence-corrected chi connectivity index (χ2v) is 6.57. The highest BCUT2D eigenvalue weighted by Crippen LogP contribution is 2.32. The third-order valence-corrected chi connectivity index (χ3v) is 4.87. The molecule has 0 radical (unpaired) electrons. The molecular weight excluding hydrogens is 341 g/mol. The first kappa shape index (κ1) is 17.0. The van der Waals surface area contributed by atoms with E-state index in [4.69, 9.17) is 4.42 Å². The lowest BCUT2D eigenvalue weighted by Gasteiger charge is -2.36. The lowest BCUT2D eigenvalue weighted by Crippen LogP contribution is -2.46. The molecule has 0 unspecified atom stereocenters. The Bertz CT molecular complexity index is 895. The lowest BCUT2D eigenvalue weighted by atomic mass is 10.1. The van der Waals surface area contributed by atoms with Crippen LogP contribution in [0.4, 0.5) is 18.9 Å². The Morgan fingerprint density at radius 3 is 2.46 bits per heavy atom. The van der Waals surface area contributed by atoms with Gasteiger partial charge < -0.3 is 9.32 Å². The highest BCUT2D eigenvalue weighted by Gasteiger charge is 2.31. The minimum absolute atomic E-state index is 0.595. The first-order valence-electron chi connectivity index (χ1n) is 8.60. The molecule has 6 heteroatoms. The van der Waals surface area contributed by atoms with Gasteiger partial charge in [-0.3, -0.25) is 4.90 Å². The van der Waals surface area contributed by atoms with Crippen LogP contribution in [-0.2, 0) is 12.7 Å². The third kappa shape index (κ3) is 3.42. The number of alkyl halides is 3. The van der Waals surface area contributed by atoms with E-state index in [9.17, 15) is 13.2 Å². The maximum Gasteiger partial charge on any atom is 0.416 e. The van der Waals surface area contributed by atoms with E-state index in [0.29, 0.717) is 18.8 Å². The van der Waals surface area contributed by atoms with Crippen molar-refractivity contribution < 1.29 is 17.6 Å². The van der Waals surface area contributed by atoms with Crippen LogP contribution in [0.5, 0.6) is 0 Å². The molecule has 0 spiro atoms. The van der Waals surface area contributed by atoms with Crippen LogP contribution in [0, 0.1) is 0 Å². The van der Waals surface area contributed by atoms with Gasteiger partial charge in [-0.2, -0.15) is 13.2 Å². The number of rotatable bonds is 3. The summed E-state index contributed by atoms with van der Waals surface area (Å²) in [6.07, 6.45) is -2.51. The molecule has 0 bridgehead atoms. The molecule has 1 saturated heterocycles. The van der Waals surface area contributed by atoms with E-state index in [-0.39, 0.29) is 0 Å². The topological polar surface area (TPSA) is 19.6 Å². The summed E-state index contributed by atoms with van der Waals surface area (Å²) in [7, 11) is 0. The summed E-state index contributed by atoms with van der Waals surface area (Å²) in [6.45, 7) is 3.80. The SMILES string of the molecule is FC(F)(F)c1cccc(N2CCN(Cc3coc4ccccc34)CC2)c1. The van der Waals surface area contributed by atoms with Crippen molar-refractivity contribution in [2.24, 2.45) is 0 Å². The van der Waals surface area contributed by atoms with Crippen molar-refractivity contribution in [2.75, 3.05) is 31.1 Å². The zero-order valence-electron chi connectivity index (χ0n) is 14.2. The predicted molar refractivity (Wildman–Crippen MR) is 95.1 cm³/mol. The van der Waals surface area contributed by atoms with Crippen LogP contribution >= 0.6 is 0 Å². The first-order chi connectivity index (χ1) is 12.5. The molecule has 0 N–H and O–H groups in total. The highest BCUT2D eigenvalue weighted by molar-refractivity contribution is 5.80. The van der Waals surface area contributed by atoms with Crippen LogP contribution < -0.4 is 4.90 Å². The van der Waals surface area contributed by atoms with E-state index in [1.165, 1.54) is 12.1 Å². The Morgan fingerprint density at radius 2 is 1.69 bits per heavy atom. The molecule has 0 amide bonds. The summed E-state index contributed by atoms with van der Waals surface area (Å²) in [6, 6.07) is 13.5. The highest BCUT2D eigenvalue weighted by atomic mass is 19.4. The number of para-hydroxylation sites is 1. The molecule has 0 saturated carbocycles. The van der Waals surface area contributed by atoms with Crippen LogP contribution in [0.15, 0.2) is 59.2 Å². The van der Waals surface area contributed by atoms with Gasteiger partial charge in [-0.1, -0.05) is 24.3 Å². The van der Waals surface area contributed by atoms with E-state index < -0.39 is 11.7 Å². The Kier molecular flexibility index (Phi) is 4.36. The van der Waals surface area contributed by atoms with Crippen LogP contribution in [0.3, 0.4) is 0 Å². The number of hydrogen-bond donors (Lipinski definition) is 0. The molecule has 0 atom stereocenters. The van der Waals surface area contributed by atoms with Gasteiger partial charge in [0.05, 0.1) is 11.8 Å². The molecule has 1 aliphatic rings. The molecule has 2 heterocycles. The van der Waals surface area contributed by atoms with Crippen molar-refractivity contribution in [3.8, 4) is 0 Å². The number of anilines is 1. The van der Waals surface area contributed by atoms with E-state index in [2.05, 4.69) is 4.90 Å². The number of furan rings is 1. The van der Waals surface area contributed by atoms with Crippen LogP contribution in [0.2, 0.25) is 0 Å². The second kappa shape index (κ2) is 6.68. The molecule has 3 nitrogen and oxygen atoms in total. The molecule has 2 aromatic carbocycles. The van der Waals surface area contributed by atoms with Crippen molar-refractivity contribution in [3.63, 3.8) is 0 Å². The van der Waals surface area contributed by atoms with Gasteiger partial charge in [0.1, 0.15) is 5.58 Å². The van der Waals surface area contributed by atoms with Crippen molar-refractivity contribution in [1.29, 1.82) is 0 Å². The molecule has 1 aromatic heterocycles. The van der Waals surface area contributed by atoms with Crippen LogP contribution in [0.1, 0.15) is 11.1 Å². The molecule has 3 aromatic rings. The number of fused-ring (bicyclic) bond motifs is 1. The molecule has 1 fully saturated rings. The summed E-state index contributed by atoms with van der Waals surface area (Å²) < 4.78 is 44.3. The fourth-order valence-corrected chi connectivity index (χ4v) is 3.44. The molecule has 4 rings (SSSR count). The van der Waals surface area contributed by atoms with Crippen molar-refractivity contribution >= 4 is 16.7 Å². The van der Waals surface area contributed by atoms with E-state index in [1.807, 2.05) is 29.2 Å². The molecule has 0 aliphatic carbocycles. The van der Waals surface area contributed by atoms with Gasteiger partial charge in [0.15, 0.2) is 0 Å². The largest absolute Gasteiger partial charge is 0.464 e. The van der Waals surface area contributed by atoms with Gasteiger partial charge in [0, 0.05) is 49.4 Å². The number of nitrogens with zero attached hydrogens (tertiary/aromatic N) is 2. The van der Waals surface area contributed by atoms with Gasteiger partial charge in [0.25, 0.3) is 0 Å². The fraction of sp³-hybridized carbons (Fsp3) is 0.300. The number of hydrogen-bond acceptors (Lipinski definition) is 3. The standard InChI is InChI=1S/C20H19F3N2O/c21-20(22,23)16-4-3-5-17(12-16)25-10-8-24(9-11-25)13-15-14-26-19-7-2-1-6-18(15)19/h1-7,12,14H,8-11,13H2. The summed E-state index contributed by atoms with van der Waals surface area (Å²) in [5, 5.41) is 1.12.